The first-order valence-electron chi connectivity index (χ1n) is 5.14. The smallest absolute Gasteiger partial charge is 0.313 e. The zero-order chi connectivity index (χ0) is 14.8. The molecule has 11 heteroatoms. The number of thiophene rings is 1. The highest BCUT2D eigenvalue weighted by molar-refractivity contribution is 8.01. The van der Waals surface area contributed by atoms with E-state index in [1.54, 1.807) is 6.07 Å². The van der Waals surface area contributed by atoms with E-state index in [1.807, 2.05) is 6.92 Å². The lowest BCUT2D eigenvalue weighted by molar-refractivity contribution is -0.133. The van der Waals surface area contributed by atoms with E-state index in [9.17, 15) is 13.2 Å². The Morgan fingerprint density at radius 1 is 1.40 bits per heavy atom. The Kier molecular flexibility index (Phi) is 4.62. The van der Waals surface area contributed by atoms with Crippen LogP contribution in [0.4, 0.5) is 5.13 Å². The first-order valence-corrected chi connectivity index (χ1v) is 9.24. The summed E-state index contributed by atoms with van der Waals surface area (Å²) in [6, 6.07) is 3.23. The van der Waals surface area contributed by atoms with E-state index < -0.39 is 16.0 Å². The van der Waals surface area contributed by atoms with Gasteiger partial charge in [-0.15, -0.1) is 21.5 Å². The molecule has 0 saturated heterocycles. The first-order chi connectivity index (χ1) is 9.37. The fourth-order valence-electron chi connectivity index (χ4n) is 1.15. The van der Waals surface area contributed by atoms with E-state index in [0.29, 0.717) is 4.34 Å². The van der Waals surface area contributed by atoms with Gasteiger partial charge in [-0.3, -0.25) is 9.52 Å². The Morgan fingerprint density at radius 2 is 2.15 bits per heavy atom. The monoisotopic (exact) mass is 351 g/mol. The Bertz CT molecular complexity index is 721. The Morgan fingerprint density at radius 3 is 2.75 bits per heavy atom. The third-order valence-electron chi connectivity index (χ3n) is 1.93. The molecule has 108 valence electrons. The molecule has 0 radical (unpaired) electrons. The van der Waals surface area contributed by atoms with Crippen LogP contribution in [0.15, 0.2) is 20.7 Å². The summed E-state index contributed by atoms with van der Waals surface area (Å²) in [5, 5.41) is 16.1. The molecule has 2 N–H and O–H groups in total. The van der Waals surface area contributed by atoms with Gasteiger partial charge in [0.15, 0.2) is 4.34 Å². The van der Waals surface area contributed by atoms with Crippen LogP contribution in [0.2, 0.25) is 0 Å². The number of sulfonamides is 1. The van der Waals surface area contributed by atoms with Gasteiger partial charge in [-0.25, -0.2) is 8.42 Å². The molecule has 2 aromatic rings. The SMILES string of the molecule is Cc1ccc(S(=O)(=O)Nc2nnc(SCC(=O)O)s2)s1. The van der Waals surface area contributed by atoms with Crippen LogP contribution in [0.5, 0.6) is 0 Å². The molecule has 2 rings (SSSR count). The minimum absolute atomic E-state index is 0.115. The number of thioether (sulfide) groups is 1. The number of nitrogens with zero attached hydrogens (tertiary/aromatic N) is 2. The van der Waals surface area contributed by atoms with E-state index in [1.165, 1.54) is 6.07 Å². The minimum Gasteiger partial charge on any atom is -0.481 e. The van der Waals surface area contributed by atoms with Crippen molar-refractivity contribution in [2.45, 2.75) is 15.5 Å². The molecule has 0 atom stereocenters. The van der Waals surface area contributed by atoms with Crippen molar-refractivity contribution in [1.82, 2.24) is 10.2 Å². The molecule has 0 fully saturated rings. The molecule has 20 heavy (non-hydrogen) atoms. The van der Waals surface area contributed by atoms with Crippen molar-refractivity contribution in [3.8, 4) is 0 Å². The highest BCUT2D eigenvalue weighted by Crippen LogP contribution is 2.28. The average Bonchev–Trinajstić information content (AvgIpc) is 2.95. The molecule has 0 bridgehead atoms. The normalized spacial score (nSPS) is 11.4. The van der Waals surface area contributed by atoms with Gasteiger partial charge in [0.25, 0.3) is 10.0 Å². The van der Waals surface area contributed by atoms with Crippen LogP contribution in [-0.2, 0) is 14.8 Å². The largest absolute Gasteiger partial charge is 0.481 e. The van der Waals surface area contributed by atoms with Gasteiger partial charge in [0.05, 0.1) is 5.75 Å². The van der Waals surface area contributed by atoms with Gasteiger partial charge < -0.3 is 5.11 Å². The van der Waals surface area contributed by atoms with Crippen LogP contribution < -0.4 is 4.72 Å². The summed E-state index contributed by atoms with van der Waals surface area (Å²) in [6.07, 6.45) is 0. The number of hydrogen-bond acceptors (Lipinski definition) is 8. The lowest BCUT2D eigenvalue weighted by atomic mass is 10.5. The van der Waals surface area contributed by atoms with Crippen molar-refractivity contribution in [1.29, 1.82) is 0 Å². The molecule has 7 nitrogen and oxygen atoms in total. The summed E-state index contributed by atoms with van der Waals surface area (Å²) in [6.45, 7) is 1.81. The Hall–Kier alpha value is -1.17. The number of aliphatic carboxylic acids is 1. The standard InChI is InChI=1S/C9H9N3O4S4/c1-5-2-3-7(18-5)20(15,16)12-8-10-11-9(19-8)17-4-6(13)14/h2-3H,4H2,1H3,(H,10,12)(H,13,14). The minimum atomic E-state index is -3.66. The van der Waals surface area contributed by atoms with Crippen molar-refractivity contribution in [2.75, 3.05) is 10.5 Å². The topological polar surface area (TPSA) is 109 Å². The van der Waals surface area contributed by atoms with E-state index in [4.69, 9.17) is 5.11 Å². The van der Waals surface area contributed by atoms with Crippen LogP contribution in [0.25, 0.3) is 0 Å². The quantitative estimate of drug-likeness (QED) is 0.765. The third-order valence-corrected chi connectivity index (χ3v) is 6.85. The molecule has 0 saturated carbocycles. The van der Waals surface area contributed by atoms with Crippen molar-refractivity contribution in [2.24, 2.45) is 0 Å². The van der Waals surface area contributed by atoms with Gasteiger partial charge in [-0.05, 0) is 19.1 Å². The highest BCUT2D eigenvalue weighted by Gasteiger charge is 2.18. The van der Waals surface area contributed by atoms with Gasteiger partial charge in [0, 0.05) is 4.88 Å². The second-order valence-corrected chi connectivity index (χ2v) is 8.92. The molecule has 0 aliphatic heterocycles. The number of carboxylic acids is 1. The van der Waals surface area contributed by atoms with E-state index >= 15 is 0 Å². The van der Waals surface area contributed by atoms with Gasteiger partial charge in [0.2, 0.25) is 5.13 Å². The molecule has 0 aromatic carbocycles. The molecule has 0 aliphatic rings. The highest BCUT2D eigenvalue weighted by atomic mass is 32.2. The molecule has 0 amide bonds. The number of aryl methyl sites for hydroxylation is 1. The fraction of sp³-hybridized carbons (Fsp3) is 0.222. The summed E-state index contributed by atoms with van der Waals surface area (Å²) in [4.78, 5) is 11.3. The van der Waals surface area contributed by atoms with E-state index in [-0.39, 0.29) is 15.1 Å². The molecule has 2 aromatic heterocycles. The molecular formula is C9H9N3O4S4. The first kappa shape index (κ1) is 15.2. The van der Waals surface area contributed by atoms with Crippen LogP contribution in [0, 0.1) is 6.92 Å². The van der Waals surface area contributed by atoms with E-state index in [0.717, 1.165) is 39.3 Å². The number of carboxylic acid groups (broad SMARTS) is 1. The zero-order valence-corrected chi connectivity index (χ0v) is 13.3. The molecule has 0 aliphatic carbocycles. The summed E-state index contributed by atoms with van der Waals surface area (Å²) >= 11 is 3.14. The van der Waals surface area contributed by atoms with Gasteiger partial charge in [0.1, 0.15) is 4.21 Å². The summed E-state index contributed by atoms with van der Waals surface area (Å²) in [7, 11) is -3.66. The van der Waals surface area contributed by atoms with Crippen LogP contribution in [-0.4, -0.2) is 35.4 Å². The van der Waals surface area contributed by atoms with Gasteiger partial charge in [-0.2, -0.15) is 0 Å². The summed E-state index contributed by atoms with van der Waals surface area (Å²) in [5.74, 6) is -1.12. The Labute approximate surface area is 127 Å². The van der Waals surface area contributed by atoms with Crippen molar-refractivity contribution >= 4 is 55.6 Å². The number of anilines is 1. The maximum Gasteiger partial charge on any atom is 0.313 e. The Balaban J connectivity index is 2.08. The van der Waals surface area contributed by atoms with Crippen LogP contribution >= 0.6 is 34.4 Å². The molecule has 0 unspecified atom stereocenters. The number of aromatic nitrogens is 2. The second-order valence-electron chi connectivity index (χ2n) is 3.53. The second kappa shape index (κ2) is 6.08. The lowest BCUT2D eigenvalue weighted by Gasteiger charge is -2.00. The predicted octanol–water partition coefficient (Wildman–Crippen LogP) is 1.89. The molecule has 0 spiro atoms. The maximum absolute atomic E-state index is 12.0. The van der Waals surface area contributed by atoms with E-state index in [2.05, 4.69) is 14.9 Å². The van der Waals surface area contributed by atoms with Crippen LogP contribution in [0.1, 0.15) is 4.88 Å². The summed E-state index contributed by atoms with van der Waals surface area (Å²) < 4.78 is 27.0. The molecule has 2 heterocycles. The zero-order valence-electron chi connectivity index (χ0n) is 10.1. The van der Waals surface area contributed by atoms with Crippen molar-refractivity contribution < 1.29 is 18.3 Å². The van der Waals surface area contributed by atoms with Crippen molar-refractivity contribution in [3.05, 3.63) is 17.0 Å². The number of hydrogen-bond donors (Lipinski definition) is 2. The van der Waals surface area contributed by atoms with Crippen molar-refractivity contribution in [3.63, 3.8) is 0 Å². The average molecular weight is 351 g/mol. The third kappa shape index (κ3) is 3.91. The lowest BCUT2D eigenvalue weighted by Crippen LogP contribution is -2.11. The fourth-order valence-corrected chi connectivity index (χ4v) is 5.14. The summed E-state index contributed by atoms with van der Waals surface area (Å²) in [5.41, 5.74) is 0. The maximum atomic E-state index is 12.0. The van der Waals surface area contributed by atoms with Gasteiger partial charge >= 0.3 is 5.97 Å². The van der Waals surface area contributed by atoms with Crippen LogP contribution in [0.3, 0.4) is 0 Å². The van der Waals surface area contributed by atoms with Gasteiger partial charge in [-0.1, -0.05) is 23.1 Å². The predicted molar refractivity (Wildman–Crippen MR) is 78.1 cm³/mol. The number of rotatable bonds is 6. The molecular weight excluding hydrogens is 342 g/mol. The number of carbonyl (C=O) groups is 1. The number of nitrogens with one attached hydrogen (secondary N) is 1.